The molecular formula is C16H17N5O. The molecule has 6 nitrogen and oxygen atoms in total. The van der Waals surface area contributed by atoms with E-state index in [0.29, 0.717) is 18.5 Å². The van der Waals surface area contributed by atoms with Crippen LogP contribution in [0, 0.1) is 13.8 Å². The van der Waals surface area contributed by atoms with Crippen molar-refractivity contribution in [2.45, 2.75) is 20.8 Å². The van der Waals surface area contributed by atoms with Gasteiger partial charge in [-0.2, -0.15) is 0 Å². The highest BCUT2D eigenvalue weighted by Gasteiger charge is 2.10. The Bertz CT molecular complexity index is 819. The van der Waals surface area contributed by atoms with Crippen LogP contribution in [0.4, 0.5) is 11.9 Å². The van der Waals surface area contributed by atoms with E-state index in [2.05, 4.69) is 25.3 Å². The van der Waals surface area contributed by atoms with E-state index in [9.17, 15) is 0 Å². The summed E-state index contributed by atoms with van der Waals surface area (Å²) in [4.78, 5) is 17.5. The normalized spacial score (nSPS) is 10.7. The second kappa shape index (κ2) is 5.93. The molecule has 0 bridgehead atoms. The molecule has 0 unspecified atom stereocenters. The summed E-state index contributed by atoms with van der Waals surface area (Å²) < 4.78 is 5.65. The van der Waals surface area contributed by atoms with E-state index in [1.807, 2.05) is 45.0 Å². The zero-order chi connectivity index (χ0) is 15.5. The quantitative estimate of drug-likeness (QED) is 0.797. The van der Waals surface area contributed by atoms with Gasteiger partial charge in [-0.1, -0.05) is 12.1 Å². The standard InChI is InChI=1S/C16H17N5O/c1-4-22-13-7-5-6-12-11(3)19-16(20-14(12)13)21-15-17-9-8-10(2)18-15/h5-9H,4H2,1-3H3,(H,17,18,19,20,21). The molecule has 0 radical (unpaired) electrons. The number of anilines is 2. The minimum Gasteiger partial charge on any atom is -0.492 e. The first kappa shape index (κ1) is 14.2. The third kappa shape index (κ3) is 2.81. The largest absolute Gasteiger partial charge is 0.492 e. The molecule has 22 heavy (non-hydrogen) atoms. The van der Waals surface area contributed by atoms with Crippen LogP contribution in [-0.2, 0) is 0 Å². The fourth-order valence-electron chi connectivity index (χ4n) is 2.22. The van der Waals surface area contributed by atoms with Crippen LogP contribution >= 0.6 is 0 Å². The highest BCUT2D eigenvalue weighted by molar-refractivity contribution is 5.87. The van der Waals surface area contributed by atoms with Crippen LogP contribution in [0.3, 0.4) is 0 Å². The van der Waals surface area contributed by atoms with Crippen LogP contribution in [0.2, 0.25) is 0 Å². The Labute approximate surface area is 128 Å². The van der Waals surface area contributed by atoms with E-state index < -0.39 is 0 Å². The Kier molecular flexibility index (Phi) is 3.82. The average molecular weight is 295 g/mol. The third-order valence-electron chi connectivity index (χ3n) is 3.20. The van der Waals surface area contributed by atoms with Crippen molar-refractivity contribution in [3.8, 4) is 5.75 Å². The highest BCUT2D eigenvalue weighted by Crippen LogP contribution is 2.27. The van der Waals surface area contributed by atoms with E-state index in [1.54, 1.807) is 6.20 Å². The first-order chi connectivity index (χ1) is 10.7. The first-order valence-electron chi connectivity index (χ1n) is 7.14. The fourth-order valence-corrected chi connectivity index (χ4v) is 2.22. The molecule has 2 heterocycles. The number of hydrogen-bond donors (Lipinski definition) is 1. The maximum Gasteiger partial charge on any atom is 0.230 e. The van der Waals surface area contributed by atoms with Gasteiger partial charge < -0.3 is 4.74 Å². The van der Waals surface area contributed by atoms with Crippen LogP contribution in [0.1, 0.15) is 18.3 Å². The lowest BCUT2D eigenvalue weighted by molar-refractivity contribution is 0.343. The van der Waals surface area contributed by atoms with Crippen molar-refractivity contribution in [1.29, 1.82) is 0 Å². The minimum absolute atomic E-state index is 0.461. The Morgan fingerprint density at radius 2 is 1.91 bits per heavy atom. The molecule has 6 heteroatoms. The van der Waals surface area contributed by atoms with Crippen molar-refractivity contribution < 1.29 is 4.74 Å². The lowest BCUT2D eigenvalue weighted by Gasteiger charge is -2.10. The molecule has 3 rings (SSSR count). The molecular weight excluding hydrogens is 278 g/mol. The first-order valence-corrected chi connectivity index (χ1v) is 7.14. The van der Waals surface area contributed by atoms with E-state index in [-0.39, 0.29) is 0 Å². The number of ether oxygens (including phenoxy) is 1. The van der Waals surface area contributed by atoms with Gasteiger partial charge in [0, 0.05) is 17.3 Å². The maximum absolute atomic E-state index is 5.65. The lowest BCUT2D eigenvalue weighted by Crippen LogP contribution is -2.04. The van der Waals surface area contributed by atoms with Crippen molar-refractivity contribution in [1.82, 2.24) is 19.9 Å². The molecule has 0 saturated heterocycles. The molecule has 0 aliphatic heterocycles. The number of benzene rings is 1. The van der Waals surface area contributed by atoms with Gasteiger partial charge in [0.1, 0.15) is 11.3 Å². The summed E-state index contributed by atoms with van der Waals surface area (Å²) in [5, 5.41) is 4.02. The molecule has 2 aromatic heterocycles. The molecule has 112 valence electrons. The number of hydrogen-bond acceptors (Lipinski definition) is 6. The van der Waals surface area contributed by atoms with E-state index in [0.717, 1.165) is 28.0 Å². The predicted molar refractivity (Wildman–Crippen MR) is 85.5 cm³/mol. The van der Waals surface area contributed by atoms with Gasteiger partial charge in [-0.25, -0.2) is 19.9 Å². The summed E-state index contributed by atoms with van der Waals surface area (Å²) in [5.41, 5.74) is 2.54. The molecule has 3 aromatic rings. The third-order valence-corrected chi connectivity index (χ3v) is 3.20. The molecule has 1 aromatic carbocycles. The van der Waals surface area contributed by atoms with Gasteiger partial charge in [0.25, 0.3) is 0 Å². The number of aromatic nitrogens is 4. The summed E-state index contributed by atoms with van der Waals surface area (Å²) in [6.45, 7) is 6.40. The van der Waals surface area contributed by atoms with E-state index >= 15 is 0 Å². The Morgan fingerprint density at radius 3 is 2.68 bits per heavy atom. The molecule has 0 fully saturated rings. The van der Waals surface area contributed by atoms with Crippen LogP contribution in [-0.4, -0.2) is 26.5 Å². The Hall–Kier alpha value is -2.76. The van der Waals surface area contributed by atoms with Gasteiger partial charge in [0.05, 0.1) is 12.3 Å². The monoisotopic (exact) mass is 295 g/mol. The number of rotatable bonds is 4. The van der Waals surface area contributed by atoms with Crippen molar-refractivity contribution in [2.24, 2.45) is 0 Å². The van der Waals surface area contributed by atoms with Gasteiger partial charge in [0.15, 0.2) is 0 Å². The van der Waals surface area contributed by atoms with E-state index in [1.165, 1.54) is 0 Å². The summed E-state index contributed by atoms with van der Waals surface area (Å²) in [7, 11) is 0. The highest BCUT2D eigenvalue weighted by atomic mass is 16.5. The van der Waals surface area contributed by atoms with Crippen LogP contribution < -0.4 is 10.1 Å². The van der Waals surface area contributed by atoms with Crippen molar-refractivity contribution in [3.05, 3.63) is 41.9 Å². The number of fused-ring (bicyclic) bond motifs is 1. The molecule has 0 saturated carbocycles. The number of aryl methyl sites for hydroxylation is 2. The minimum atomic E-state index is 0.461. The molecule has 0 spiro atoms. The summed E-state index contributed by atoms with van der Waals surface area (Å²) in [6, 6.07) is 7.68. The summed E-state index contributed by atoms with van der Waals surface area (Å²) in [6.07, 6.45) is 1.70. The van der Waals surface area contributed by atoms with Crippen LogP contribution in [0.5, 0.6) is 5.75 Å². The topological polar surface area (TPSA) is 72.8 Å². The van der Waals surface area contributed by atoms with Crippen LogP contribution in [0.25, 0.3) is 10.9 Å². The second-order valence-electron chi connectivity index (χ2n) is 4.86. The van der Waals surface area contributed by atoms with E-state index in [4.69, 9.17) is 4.74 Å². The SMILES string of the molecule is CCOc1cccc2c(C)nc(Nc3nccc(C)n3)nc12. The van der Waals surface area contributed by atoms with Gasteiger partial charge >= 0.3 is 0 Å². The fraction of sp³-hybridized carbons (Fsp3) is 0.250. The molecule has 0 aliphatic carbocycles. The van der Waals surface area contributed by atoms with Gasteiger partial charge in [-0.05, 0) is 32.9 Å². The maximum atomic E-state index is 5.65. The zero-order valence-corrected chi connectivity index (χ0v) is 12.8. The summed E-state index contributed by atoms with van der Waals surface area (Å²) >= 11 is 0. The van der Waals surface area contributed by atoms with Crippen molar-refractivity contribution in [2.75, 3.05) is 11.9 Å². The molecule has 0 atom stereocenters. The average Bonchev–Trinajstić information content (AvgIpc) is 2.48. The zero-order valence-electron chi connectivity index (χ0n) is 12.8. The molecule has 0 amide bonds. The van der Waals surface area contributed by atoms with Crippen molar-refractivity contribution >= 4 is 22.8 Å². The van der Waals surface area contributed by atoms with Gasteiger partial charge in [-0.15, -0.1) is 0 Å². The Morgan fingerprint density at radius 1 is 1.05 bits per heavy atom. The van der Waals surface area contributed by atoms with Crippen molar-refractivity contribution in [3.63, 3.8) is 0 Å². The Balaban J connectivity index is 2.05. The smallest absolute Gasteiger partial charge is 0.230 e. The van der Waals surface area contributed by atoms with Crippen LogP contribution in [0.15, 0.2) is 30.5 Å². The predicted octanol–water partition coefficient (Wildman–Crippen LogP) is 3.18. The number of nitrogens with one attached hydrogen (secondary N) is 1. The second-order valence-corrected chi connectivity index (χ2v) is 4.86. The van der Waals surface area contributed by atoms with Gasteiger partial charge in [0.2, 0.25) is 11.9 Å². The number of para-hydroxylation sites is 1. The molecule has 1 N–H and O–H groups in total. The lowest BCUT2D eigenvalue weighted by atomic mass is 10.2. The molecule has 0 aliphatic rings. The summed E-state index contributed by atoms with van der Waals surface area (Å²) in [5.74, 6) is 1.69. The van der Waals surface area contributed by atoms with Gasteiger partial charge in [-0.3, -0.25) is 5.32 Å². The number of nitrogens with zero attached hydrogens (tertiary/aromatic N) is 4.